The number of hydrogen-bond acceptors (Lipinski definition) is 4. The van der Waals surface area contributed by atoms with Gasteiger partial charge in [-0.1, -0.05) is 20.3 Å². The van der Waals surface area contributed by atoms with Gasteiger partial charge in [0.25, 0.3) is 5.91 Å². The van der Waals surface area contributed by atoms with Gasteiger partial charge in [-0.2, -0.15) is 0 Å². The zero-order valence-corrected chi connectivity index (χ0v) is 12.3. The van der Waals surface area contributed by atoms with Gasteiger partial charge in [0.1, 0.15) is 6.04 Å². The predicted octanol–water partition coefficient (Wildman–Crippen LogP) is 0.967. The molecule has 2 atom stereocenters. The summed E-state index contributed by atoms with van der Waals surface area (Å²) in [5.41, 5.74) is 0. The smallest absolute Gasteiger partial charge is 0.326 e. The lowest BCUT2D eigenvalue weighted by atomic mass is 9.99. The second-order valence-electron chi connectivity index (χ2n) is 4.91. The quantitative estimate of drug-likeness (QED) is 0.781. The monoisotopic (exact) mass is 296 g/mol. The number of carboxylic acids is 1. The Balaban J connectivity index is 2.59. The van der Waals surface area contributed by atoms with E-state index in [1.54, 1.807) is 13.0 Å². The van der Waals surface area contributed by atoms with E-state index in [0.29, 0.717) is 6.42 Å². The summed E-state index contributed by atoms with van der Waals surface area (Å²) in [6.07, 6.45) is 1.99. The predicted molar refractivity (Wildman–Crippen MR) is 74.7 cm³/mol. The van der Waals surface area contributed by atoms with E-state index in [1.165, 1.54) is 24.3 Å². The van der Waals surface area contributed by atoms with Crippen LogP contribution in [0.5, 0.6) is 0 Å². The highest BCUT2D eigenvalue weighted by atomic mass is 16.4. The number of rotatable bonds is 7. The zero-order chi connectivity index (χ0) is 16.0. The van der Waals surface area contributed by atoms with Crippen LogP contribution in [0.3, 0.4) is 0 Å². The van der Waals surface area contributed by atoms with Gasteiger partial charge >= 0.3 is 5.97 Å². The van der Waals surface area contributed by atoms with Crippen molar-refractivity contribution in [1.29, 1.82) is 0 Å². The fourth-order valence-corrected chi connectivity index (χ4v) is 1.78. The molecule has 1 aromatic heterocycles. The van der Waals surface area contributed by atoms with Crippen molar-refractivity contribution in [3.8, 4) is 0 Å². The van der Waals surface area contributed by atoms with Gasteiger partial charge in [0.05, 0.1) is 12.8 Å². The summed E-state index contributed by atoms with van der Waals surface area (Å²) in [6.45, 7) is 3.36. The number of nitrogens with one attached hydrogen (secondary N) is 1. The molecule has 0 aliphatic carbocycles. The van der Waals surface area contributed by atoms with Crippen LogP contribution in [-0.2, 0) is 9.59 Å². The van der Waals surface area contributed by atoms with Gasteiger partial charge in [-0.3, -0.25) is 9.59 Å². The maximum atomic E-state index is 11.9. The Labute approximate surface area is 122 Å². The number of amides is 2. The number of hydrogen-bond donors (Lipinski definition) is 2. The van der Waals surface area contributed by atoms with Crippen molar-refractivity contribution in [2.24, 2.45) is 5.92 Å². The van der Waals surface area contributed by atoms with E-state index in [2.05, 4.69) is 5.32 Å². The Morgan fingerprint density at radius 3 is 2.57 bits per heavy atom. The van der Waals surface area contributed by atoms with Crippen LogP contribution in [0.15, 0.2) is 22.8 Å². The number of carboxylic acid groups (broad SMARTS) is 1. The number of carbonyl (C=O) groups excluding carboxylic acids is 2. The van der Waals surface area contributed by atoms with E-state index >= 15 is 0 Å². The third-order valence-electron chi connectivity index (χ3n) is 3.25. The molecule has 7 heteroatoms. The van der Waals surface area contributed by atoms with Crippen molar-refractivity contribution in [3.63, 3.8) is 0 Å². The molecular formula is C14H20N2O5. The molecule has 7 nitrogen and oxygen atoms in total. The summed E-state index contributed by atoms with van der Waals surface area (Å²) in [6, 6.07) is 2.11. The minimum absolute atomic E-state index is 0.127. The lowest BCUT2D eigenvalue weighted by Crippen LogP contribution is -2.48. The van der Waals surface area contributed by atoms with E-state index in [0.717, 1.165) is 0 Å². The van der Waals surface area contributed by atoms with E-state index < -0.39 is 23.8 Å². The maximum Gasteiger partial charge on any atom is 0.326 e. The molecule has 1 aromatic rings. The molecule has 0 spiro atoms. The number of likely N-dealkylation sites (N-methyl/N-ethyl adjacent to an activating group) is 1. The summed E-state index contributed by atoms with van der Waals surface area (Å²) in [7, 11) is 1.45. The minimum atomic E-state index is -1.09. The van der Waals surface area contributed by atoms with Crippen molar-refractivity contribution >= 4 is 17.8 Å². The van der Waals surface area contributed by atoms with Gasteiger partial charge in [-0.05, 0) is 18.1 Å². The molecule has 2 amide bonds. The third kappa shape index (κ3) is 4.62. The fraction of sp³-hybridized carbons (Fsp3) is 0.500. The maximum absolute atomic E-state index is 11.9. The minimum Gasteiger partial charge on any atom is -0.480 e. The van der Waals surface area contributed by atoms with Crippen LogP contribution in [0, 0.1) is 5.92 Å². The van der Waals surface area contributed by atoms with Crippen molar-refractivity contribution in [2.75, 3.05) is 13.6 Å². The number of nitrogens with zero attached hydrogens (tertiary/aromatic N) is 1. The van der Waals surface area contributed by atoms with Crippen LogP contribution in [-0.4, -0.2) is 47.4 Å². The summed E-state index contributed by atoms with van der Waals surface area (Å²) >= 11 is 0. The van der Waals surface area contributed by atoms with Crippen LogP contribution in [0.1, 0.15) is 30.8 Å². The molecule has 0 saturated carbocycles. The van der Waals surface area contributed by atoms with Crippen molar-refractivity contribution in [3.05, 3.63) is 24.2 Å². The van der Waals surface area contributed by atoms with Crippen LogP contribution in [0.25, 0.3) is 0 Å². The molecule has 0 aromatic carbocycles. The molecule has 2 N–H and O–H groups in total. The van der Waals surface area contributed by atoms with Crippen molar-refractivity contribution < 1.29 is 23.9 Å². The summed E-state index contributed by atoms with van der Waals surface area (Å²) in [5.74, 6) is -2.12. The molecule has 1 rings (SSSR count). The Hall–Kier alpha value is -2.31. The second kappa shape index (κ2) is 7.47. The average molecular weight is 296 g/mol. The van der Waals surface area contributed by atoms with Crippen LogP contribution in [0.2, 0.25) is 0 Å². The Morgan fingerprint density at radius 2 is 2.10 bits per heavy atom. The molecule has 116 valence electrons. The molecule has 0 radical (unpaired) electrons. The zero-order valence-electron chi connectivity index (χ0n) is 12.3. The van der Waals surface area contributed by atoms with Gasteiger partial charge in [0.2, 0.25) is 5.91 Å². The van der Waals surface area contributed by atoms with E-state index in [1.807, 2.05) is 6.92 Å². The standard InChI is InChI=1S/C14H20N2O5/c1-4-9(2)12(14(19)20)15-11(17)8-16(3)13(18)10-6-5-7-21-10/h5-7,9,12H,4,8H2,1-3H3,(H,15,17)(H,19,20). The largest absolute Gasteiger partial charge is 0.480 e. The molecule has 0 aliphatic heterocycles. The van der Waals surface area contributed by atoms with Crippen molar-refractivity contribution in [1.82, 2.24) is 10.2 Å². The summed E-state index contributed by atoms with van der Waals surface area (Å²) in [4.78, 5) is 36.1. The lowest BCUT2D eigenvalue weighted by molar-refractivity contribution is -0.143. The Bertz CT molecular complexity index is 497. The van der Waals surface area contributed by atoms with Gasteiger partial charge in [0, 0.05) is 7.05 Å². The molecule has 1 heterocycles. The van der Waals surface area contributed by atoms with Gasteiger partial charge < -0.3 is 19.7 Å². The second-order valence-corrected chi connectivity index (χ2v) is 4.91. The fourth-order valence-electron chi connectivity index (χ4n) is 1.78. The van der Waals surface area contributed by atoms with Gasteiger partial charge in [-0.15, -0.1) is 0 Å². The first-order valence-electron chi connectivity index (χ1n) is 6.68. The number of aliphatic carboxylic acids is 1. The Kier molecular flexibility index (Phi) is 5.95. The topological polar surface area (TPSA) is 99.9 Å². The molecule has 21 heavy (non-hydrogen) atoms. The van der Waals surface area contributed by atoms with Crippen molar-refractivity contribution in [2.45, 2.75) is 26.3 Å². The molecule has 2 unspecified atom stereocenters. The average Bonchev–Trinajstić information content (AvgIpc) is 2.96. The first-order valence-corrected chi connectivity index (χ1v) is 6.68. The highest BCUT2D eigenvalue weighted by Gasteiger charge is 2.26. The first-order chi connectivity index (χ1) is 9.86. The molecule has 0 fully saturated rings. The highest BCUT2D eigenvalue weighted by molar-refractivity contribution is 5.94. The van der Waals surface area contributed by atoms with Crippen LogP contribution in [0.4, 0.5) is 0 Å². The summed E-state index contributed by atoms with van der Waals surface area (Å²) in [5, 5.41) is 11.5. The SMILES string of the molecule is CCC(C)C(NC(=O)CN(C)C(=O)c1ccco1)C(=O)O. The normalized spacial score (nSPS) is 13.3. The van der Waals surface area contributed by atoms with E-state index in [4.69, 9.17) is 9.52 Å². The molecular weight excluding hydrogens is 276 g/mol. The van der Waals surface area contributed by atoms with E-state index in [9.17, 15) is 14.4 Å². The number of carbonyl (C=O) groups is 3. The number of furan rings is 1. The molecule has 0 saturated heterocycles. The Morgan fingerprint density at radius 1 is 1.43 bits per heavy atom. The third-order valence-corrected chi connectivity index (χ3v) is 3.25. The highest BCUT2D eigenvalue weighted by Crippen LogP contribution is 2.08. The first kappa shape index (κ1) is 16.7. The van der Waals surface area contributed by atoms with Crippen LogP contribution >= 0.6 is 0 Å². The molecule has 0 aliphatic rings. The van der Waals surface area contributed by atoms with Crippen LogP contribution < -0.4 is 5.32 Å². The summed E-state index contributed by atoms with van der Waals surface area (Å²) < 4.78 is 4.96. The van der Waals surface area contributed by atoms with E-state index in [-0.39, 0.29) is 18.2 Å². The molecule has 0 bridgehead atoms. The van der Waals surface area contributed by atoms with Gasteiger partial charge in [0.15, 0.2) is 5.76 Å². The van der Waals surface area contributed by atoms with Gasteiger partial charge in [-0.25, -0.2) is 4.79 Å². The lowest BCUT2D eigenvalue weighted by Gasteiger charge is -2.22.